The van der Waals surface area contributed by atoms with Gasteiger partial charge >= 0.3 is 0 Å². The first-order chi connectivity index (χ1) is 17.2. The fraction of sp³-hybridized carbons (Fsp3) is 0.192. The maximum absolute atomic E-state index is 13.9. The fourth-order valence-corrected chi connectivity index (χ4v) is 4.12. The van der Waals surface area contributed by atoms with E-state index in [1.807, 2.05) is 0 Å². The molecule has 6 nitrogen and oxygen atoms in total. The topological polar surface area (TPSA) is 79.8 Å². The van der Waals surface area contributed by atoms with Crippen LogP contribution in [-0.4, -0.2) is 24.1 Å². The van der Waals surface area contributed by atoms with Gasteiger partial charge in [-0.05, 0) is 69.9 Å². The van der Waals surface area contributed by atoms with Crippen LogP contribution in [0.1, 0.15) is 35.3 Å². The first kappa shape index (κ1) is 27.6. The smallest absolute Gasteiger partial charge is 0.262 e. The molecule has 2 amide bonds. The first-order valence-corrected chi connectivity index (χ1v) is 12.4. The van der Waals surface area contributed by atoms with Gasteiger partial charge < -0.3 is 10.1 Å². The normalized spacial score (nSPS) is 12.0. The lowest BCUT2D eigenvalue weighted by molar-refractivity contribution is -0.123. The van der Waals surface area contributed by atoms with Crippen molar-refractivity contribution >= 4 is 57.2 Å². The van der Waals surface area contributed by atoms with Gasteiger partial charge in [-0.1, -0.05) is 55.2 Å². The van der Waals surface area contributed by atoms with E-state index >= 15 is 0 Å². The summed E-state index contributed by atoms with van der Waals surface area (Å²) in [6.45, 7) is 3.79. The van der Waals surface area contributed by atoms with Gasteiger partial charge in [0.2, 0.25) is 0 Å². The highest BCUT2D eigenvalue weighted by Crippen LogP contribution is 2.28. The van der Waals surface area contributed by atoms with Crippen molar-refractivity contribution in [3.8, 4) is 5.75 Å². The molecule has 0 saturated carbocycles. The third kappa shape index (κ3) is 7.53. The number of hydrogen-bond acceptors (Lipinski definition) is 4. The Hall–Kier alpha value is -2.94. The van der Waals surface area contributed by atoms with Gasteiger partial charge in [0.1, 0.15) is 24.2 Å². The standard InChI is InChI=1S/C26H23BrCl2FN3O3/c1-15(2)24(32-25(34)19-5-3-4-6-22(19)30)26(35)33-31-13-16-7-10-23(20(27)11-16)36-14-17-8-9-18(28)12-21(17)29/h3-13,15,24H,14H2,1-2H3,(H,32,34)(H,33,35)/b31-13+. The molecule has 0 radical (unpaired) electrons. The van der Waals surface area contributed by atoms with E-state index in [0.717, 1.165) is 5.56 Å². The van der Waals surface area contributed by atoms with Crippen molar-refractivity contribution in [2.75, 3.05) is 0 Å². The van der Waals surface area contributed by atoms with Gasteiger partial charge in [-0.25, -0.2) is 9.82 Å². The number of carbonyl (C=O) groups excluding carboxylic acids is 2. The molecule has 3 rings (SSSR count). The highest BCUT2D eigenvalue weighted by Gasteiger charge is 2.25. The summed E-state index contributed by atoms with van der Waals surface area (Å²) in [6, 6.07) is 15.1. The molecule has 188 valence electrons. The zero-order chi connectivity index (χ0) is 26.2. The minimum absolute atomic E-state index is 0.134. The minimum atomic E-state index is -0.906. The molecule has 3 aromatic rings. The summed E-state index contributed by atoms with van der Waals surface area (Å²) in [4.78, 5) is 25.1. The van der Waals surface area contributed by atoms with Crippen molar-refractivity contribution in [2.45, 2.75) is 26.5 Å². The summed E-state index contributed by atoms with van der Waals surface area (Å²) in [7, 11) is 0. The number of nitrogens with zero attached hydrogens (tertiary/aromatic N) is 1. The number of hydrogen-bond donors (Lipinski definition) is 2. The molecule has 0 aliphatic heterocycles. The number of ether oxygens (including phenoxy) is 1. The number of rotatable bonds is 9. The molecule has 0 heterocycles. The Morgan fingerprint density at radius 3 is 2.53 bits per heavy atom. The minimum Gasteiger partial charge on any atom is -0.488 e. The van der Waals surface area contributed by atoms with E-state index in [4.69, 9.17) is 27.9 Å². The predicted molar refractivity (Wildman–Crippen MR) is 143 cm³/mol. The molecule has 0 spiro atoms. The summed E-state index contributed by atoms with van der Waals surface area (Å²) in [5.74, 6) is -1.52. The molecule has 1 unspecified atom stereocenters. The largest absolute Gasteiger partial charge is 0.488 e. The van der Waals surface area contributed by atoms with Crippen LogP contribution in [0.4, 0.5) is 4.39 Å². The molecule has 0 aliphatic rings. The van der Waals surface area contributed by atoms with Crippen molar-refractivity contribution in [1.82, 2.24) is 10.7 Å². The quantitative estimate of drug-likeness (QED) is 0.223. The Balaban J connectivity index is 1.59. The van der Waals surface area contributed by atoms with Crippen molar-refractivity contribution < 1.29 is 18.7 Å². The number of halogens is 4. The Labute approximate surface area is 227 Å². The molecule has 2 N–H and O–H groups in total. The molecule has 3 aromatic carbocycles. The lowest BCUT2D eigenvalue weighted by Crippen LogP contribution is -2.48. The molecule has 36 heavy (non-hydrogen) atoms. The molecule has 0 bridgehead atoms. The van der Waals surface area contributed by atoms with E-state index in [1.165, 1.54) is 24.4 Å². The third-order valence-electron chi connectivity index (χ3n) is 5.10. The van der Waals surface area contributed by atoms with E-state index in [-0.39, 0.29) is 18.1 Å². The number of nitrogens with one attached hydrogen (secondary N) is 2. The molecule has 10 heteroatoms. The zero-order valence-corrected chi connectivity index (χ0v) is 22.5. The Morgan fingerprint density at radius 1 is 1.11 bits per heavy atom. The van der Waals surface area contributed by atoms with Gasteiger partial charge in [0.25, 0.3) is 11.8 Å². The van der Waals surface area contributed by atoms with Crippen LogP contribution in [0, 0.1) is 11.7 Å². The van der Waals surface area contributed by atoms with Crippen LogP contribution in [0.5, 0.6) is 5.75 Å². The second-order valence-electron chi connectivity index (χ2n) is 8.12. The summed E-state index contributed by atoms with van der Waals surface area (Å²) >= 11 is 15.6. The monoisotopic (exact) mass is 593 g/mol. The molecular weight excluding hydrogens is 572 g/mol. The summed E-state index contributed by atoms with van der Waals surface area (Å²) in [5.41, 5.74) is 3.78. The number of hydrazone groups is 1. The van der Waals surface area contributed by atoms with E-state index in [1.54, 1.807) is 56.3 Å². The number of amides is 2. The second-order valence-corrected chi connectivity index (χ2v) is 9.82. The fourth-order valence-electron chi connectivity index (χ4n) is 3.15. The van der Waals surface area contributed by atoms with Crippen LogP contribution in [-0.2, 0) is 11.4 Å². The van der Waals surface area contributed by atoms with Gasteiger partial charge in [0, 0.05) is 15.6 Å². The lowest BCUT2D eigenvalue weighted by Gasteiger charge is -2.20. The van der Waals surface area contributed by atoms with Gasteiger partial charge in [-0.2, -0.15) is 5.10 Å². The first-order valence-electron chi connectivity index (χ1n) is 10.9. The van der Waals surface area contributed by atoms with Gasteiger partial charge in [0.15, 0.2) is 0 Å². The average Bonchev–Trinajstić information content (AvgIpc) is 2.82. The second kappa shape index (κ2) is 12.9. The predicted octanol–water partition coefficient (Wildman–Crippen LogP) is 6.38. The molecule has 0 aromatic heterocycles. The highest BCUT2D eigenvalue weighted by molar-refractivity contribution is 9.10. The zero-order valence-electron chi connectivity index (χ0n) is 19.4. The summed E-state index contributed by atoms with van der Waals surface area (Å²) < 4.78 is 20.4. The van der Waals surface area contributed by atoms with E-state index in [9.17, 15) is 14.0 Å². The van der Waals surface area contributed by atoms with Crippen molar-refractivity contribution in [3.05, 3.63) is 97.7 Å². The van der Waals surface area contributed by atoms with Gasteiger partial charge in [0.05, 0.1) is 16.3 Å². The van der Waals surface area contributed by atoms with Crippen LogP contribution in [0.2, 0.25) is 10.0 Å². The van der Waals surface area contributed by atoms with E-state index in [0.29, 0.717) is 25.8 Å². The van der Waals surface area contributed by atoms with E-state index < -0.39 is 23.7 Å². The third-order valence-corrected chi connectivity index (χ3v) is 6.30. The van der Waals surface area contributed by atoms with Crippen LogP contribution >= 0.6 is 39.1 Å². The lowest BCUT2D eigenvalue weighted by atomic mass is 10.0. The summed E-state index contributed by atoms with van der Waals surface area (Å²) in [5, 5.41) is 7.62. The molecule has 0 aliphatic carbocycles. The average molecular weight is 595 g/mol. The molecular formula is C26H23BrCl2FN3O3. The van der Waals surface area contributed by atoms with Crippen LogP contribution in [0.3, 0.4) is 0 Å². The van der Waals surface area contributed by atoms with Crippen molar-refractivity contribution in [3.63, 3.8) is 0 Å². The SMILES string of the molecule is CC(C)C(NC(=O)c1ccccc1F)C(=O)N/N=C/c1ccc(OCc2ccc(Cl)cc2Cl)c(Br)c1. The Kier molecular flexibility index (Phi) is 9.87. The Morgan fingerprint density at radius 2 is 1.86 bits per heavy atom. The molecule has 0 fully saturated rings. The van der Waals surface area contributed by atoms with E-state index in [2.05, 4.69) is 31.8 Å². The number of benzene rings is 3. The van der Waals surface area contributed by atoms with Crippen molar-refractivity contribution in [1.29, 1.82) is 0 Å². The summed E-state index contributed by atoms with van der Waals surface area (Å²) in [6.07, 6.45) is 1.46. The van der Waals surface area contributed by atoms with Crippen LogP contribution < -0.4 is 15.5 Å². The highest BCUT2D eigenvalue weighted by atomic mass is 79.9. The van der Waals surface area contributed by atoms with Gasteiger partial charge in [-0.15, -0.1) is 0 Å². The maximum atomic E-state index is 13.9. The Bertz CT molecular complexity index is 1290. The molecule has 0 saturated heterocycles. The molecule has 1 atom stereocenters. The van der Waals surface area contributed by atoms with Gasteiger partial charge in [-0.3, -0.25) is 9.59 Å². The van der Waals surface area contributed by atoms with Crippen LogP contribution in [0.15, 0.2) is 70.2 Å². The number of carbonyl (C=O) groups is 2. The van der Waals surface area contributed by atoms with Crippen molar-refractivity contribution in [2.24, 2.45) is 11.0 Å². The maximum Gasteiger partial charge on any atom is 0.262 e. The van der Waals surface area contributed by atoms with Crippen LogP contribution in [0.25, 0.3) is 0 Å².